The van der Waals surface area contributed by atoms with Crippen LogP contribution in [0.25, 0.3) is 0 Å². The number of rotatable bonds is 5. The van der Waals surface area contributed by atoms with E-state index in [1.807, 2.05) is 17.7 Å². The Morgan fingerprint density at radius 1 is 1.33 bits per heavy atom. The number of sulfonamides is 1. The summed E-state index contributed by atoms with van der Waals surface area (Å²) in [5, 5.41) is 12.8. The number of aliphatic hydroxyl groups excluding tert-OH is 1. The van der Waals surface area contributed by atoms with Gasteiger partial charge in [0.15, 0.2) is 0 Å². The van der Waals surface area contributed by atoms with E-state index in [9.17, 15) is 13.5 Å². The summed E-state index contributed by atoms with van der Waals surface area (Å²) >= 11 is 0. The minimum Gasteiger partial charge on any atom is -0.393 e. The minimum absolute atomic E-state index is 0.272. The van der Waals surface area contributed by atoms with Crippen molar-refractivity contribution in [3.8, 4) is 0 Å². The van der Waals surface area contributed by atoms with Crippen LogP contribution in [0.3, 0.4) is 0 Å². The van der Waals surface area contributed by atoms with Crippen LogP contribution in [0.1, 0.15) is 18.5 Å². The number of nitrogens with zero attached hydrogens (tertiary/aromatic N) is 3. The molecule has 2 heterocycles. The molecule has 1 fully saturated rings. The summed E-state index contributed by atoms with van der Waals surface area (Å²) in [6.07, 6.45) is 4.06. The Morgan fingerprint density at radius 3 is 2.75 bits per heavy atom. The molecule has 0 radical (unpaired) electrons. The van der Waals surface area contributed by atoms with Gasteiger partial charge in [-0.15, -0.1) is 0 Å². The molecule has 0 spiro atoms. The quantitative estimate of drug-likeness (QED) is 0.845. The maximum atomic E-state index is 12.7. The molecule has 0 amide bonds. The Bertz CT molecular complexity index is 795. The molecule has 0 atom stereocenters. The van der Waals surface area contributed by atoms with Crippen molar-refractivity contribution in [2.24, 2.45) is 7.05 Å². The van der Waals surface area contributed by atoms with Crippen molar-refractivity contribution in [1.82, 2.24) is 13.9 Å². The van der Waals surface area contributed by atoms with Crippen LogP contribution in [0.5, 0.6) is 0 Å². The normalized spacial score (nSPS) is 17.1. The molecular weight excluding hydrogens is 328 g/mol. The van der Waals surface area contributed by atoms with Gasteiger partial charge in [-0.25, -0.2) is 13.4 Å². The first-order chi connectivity index (χ1) is 11.5. The highest BCUT2D eigenvalue weighted by atomic mass is 32.2. The highest BCUT2D eigenvalue weighted by Gasteiger charge is 2.28. The van der Waals surface area contributed by atoms with Crippen molar-refractivity contribution >= 4 is 15.7 Å². The summed E-state index contributed by atoms with van der Waals surface area (Å²) in [6, 6.07) is 6.83. The number of imidazole rings is 1. The van der Waals surface area contributed by atoms with Gasteiger partial charge in [0.1, 0.15) is 0 Å². The van der Waals surface area contributed by atoms with Gasteiger partial charge in [0.2, 0.25) is 10.0 Å². The summed E-state index contributed by atoms with van der Waals surface area (Å²) in [4.78, 5) is 4.33. The monoisotopic (exact) mass is 350 g/mol. The second-order valence-electron chi connectivity index (χ2n) is 6.01. The highest BCUT2D eigenvalue weighted by molar-refractivity contribution is 7.89. The largest absolute Gasteiger partial charge is 0.393 e. The zero-order chi connectivity index (χ0) is 17.2. The molecule has 0 bridgehead atoms. The van der Waals surface area contributed by atoms with Crippen LogP contribution < -0.4 is 5.32 Å². The SMILES string of the molecule is Cn1cncc1CNc1cccc(S(=O)(=O)N2CCC(O)CC2)c1. The predicted molar refractivity (Wildman–Crippen MR) is 91.0 cm³/mol. The Kier molecular flexibility index (Phi) is 4.88. The minimum atomic E-state index is -3.52. The summed E-state index contributed by atoms with van der Waals surface area (Å²) < 4.78 is 28.8. The van der Waals surface area contributed by atoms with Gasteiger partial charge in [0.25, 0.3) is 0 Å². The number of nitrogens with one attached hydrogen (secondary N) is 1. The second kappa shape index (κ2) is 6.92. The number of aromatic nitrogens is 2. The molecule has 7 nitrogen and oxygen atoms in total. The molecular formula is C16H22N4O3S. The molecule has 130 valence electrons. The number of aliphatic hydroxyl groups is 1. The Morgan fingerprint density at radius 2 is 2.08 bits per heavy atom. The number of piperidine rings is 1. The summed E-state index contributed by atoms with van der Waals surface area (Å²) in [5.74, 6) is 0. The van der Waals surface area contributed by atoms with E-state index in [-0.39, 0.29) is 4.90 Å². The standard InChI is InChI=1S/C16H22N4O3S/c1-19-12-17-10-14(19)11-18-13-3-2-4-16(9-13)24(22,23)20-7-5-15(21)6-8-20/h2-4,9-10,12,15,18,21H,5-8,11H2,1H3. The average molecular weight is 350 g/mol. The van der Waals surface area contributed by atoms with E-state index >= 15 is 0 Å². The second-order valence-corrected chi connectivity index (χ2v) is 7.95. The van der Waals surface area contributed by atoms with Crippen LogP contribution in [-0.4, -0.2) is 46.6 Å². The van der Waals surface area contributed by atoms with Gasteiger partial charge in [-0.05, 0) is 31.0 Å². The van der Waals surface area contributed by atoms with Gasteiger partial charge in [-0.3, -0.25) is 0 Å². The fraction of sp³-hybridized carbons (Fsp3) is 0.438. The van der Waals surface area contributed by atoms with Crippen molar-refractivity contribution < 1.29 is 13.5 Å². The average Bonchev–Trinajstić information content (AvgIpc) is 2.99. The molecule has 3 rings (SSSR count). The van der Waals surface area contributed by atoms with Crippen LogP contribution in [0.15, 0.2) is 41.7 Å². The lowest BCUT2D eigenvalue weighted by Crippen LogP contribution is -2.39. The Balaban J connectivity index is 1.73. The lowest BCUT2D eigenvalue weighted by atomic mass is 10.1. The molecule has 1 aliphatic rings. The van der Waals surface area contributed by atoms with Crippen molar-refractivity contribution in [3.63, 3.8) is 0 Å². The van der Waals surface area contributed by atoms with Crippen LogP contribution in [0.4, 0.5) is 5.69 Å². The van der Waals surface area contributed by atoms with Gasteiger partial charge in [-0.2, -0.15) is 4.31 Å². The maximum Gasteiger partial charge on any atom is 0.243 e. The van der Waals surface area contributed by atoms with Gasteiger partial charge in [0.05, 0.1) is 29.6 Å². The van der Waals surface area contributed by atoms with E-state index in [1.165, 1.54) is 4.31 Å². The summed E-state index contributed by atoms with van der Waals surface area (Å²) in [6.45, 7) is 1.28. The van der Waals surface area contributed by atoms with Crippen LogP contribution in [0, 0.1) is 0 Å². The fourth-order valence-corrected chi connectivity index (χ4v) is 4.26. The van der Waals surface area contributed by atoms with Gasteiger partial charge >= 0.3 is 0 Å². The van der Waals surface area contributed by atoms with Gasteiger partial charge in [0, 0.05) is 32.0 Å². The third-order valence-corrected chi connectivity index (χ3v) is 6.18. The van der Waals surface area contributed by atoms with Crippen molar-refractivity contribution in [3.05, 3.63) is 42.5 Å². The Labute approximate surface area is 142 Å². The molecule has 24 heavy (non-hydrogen) atoms. The first-order valence-corrected chi connectivity index (χ1v) is 9.38. The van der Waals surface area contributed by atoms with Crippen molar-refractivity contribution in [1.29, 1.82) is 0 Å². The van der Waals surface area contributed by atoms with E-state index in [0.717, 1.165) is 11.4 Å². The lowest BCUT2D eigenvalue weighted by Gasteiger charge is -2.28. The maximum absolute atomic E-state index is 12.7. The zero-order valence-corrected chi connectivity index (χ0v) is 14.4. The third-order valence-electron chi connectivity index (χ3n) is 4.29. The van der Waals surface area contributed by atoms with E-state index in [4.69, 9.17) is 0 Å². The van der Waals surface area contributed by atoms with E-state index in [0.29, 0.717) is 32.5 Å². The zero-order valence-electron chi connectivity index (χ0n) is 13.6. The topological polar surface area (TPSA) is 87.5 Å². The number of hydrogen-bond acceptors (Lipinski definition) is 5. The summed E-state index contributed by atoms with van der Waals surface area (Å²) in [5.41, 5.74) is 1.75. The van der Waals surface area contributed by atoms with Crippen molar-refractivity contribution in [2.45, 2.75) is 30.4 Å². The van der Waals surface area contributed by atoms with Gasteiger partial charge in [-0.1, -0.05) is 6.07 Å². The molecule has 0 aliphatic carbocycles. The molecule has 1 saturated heterocycles. The first kappa shape index (κ1) is 16.9. The third kappa shape index (κ3) is 3.61. The molecule has 2 aromatic rings. The van der Waals surface area contributed by atoms with Crippen LogP contribution in [0.2, 0.25) is 0 Å². The van der Waals surface area contributed by atoms with E-state index in [1.54, 1.807) is 30.7 Å². The molecule has 1 aromatic carbocycles. The predicted octanol–water partition coefficient (Wildman–Crippen LogP) is 1.18. The smallest absolute Gasteiger partial charge is 0.243 e. The molecule has 1 aliphatic heterocycles. The summed E-state index contributed by atoms with van der Waals surface area (Å²) in [7, 11) is -1.61. The molecule has 8 heteroatoms. The molecule has 0 saturated carbocycles. The number of benzene rings is 1. The molecule has 1 aromatic heterocycles. The van der Waals surface area contributed by atoms with E-state index < -0.39 is 16.1 Å². The number of hydrogen-bond donors (Lipinski definition) is 2. The highest BCUT2D eigenvalue weighted by Crippen LogP contribution is 2.23. The van der Waals surface area contributed by atoms with E-state index in [2.05, 4.69) is 10.3 Å². The fourth-order valence-electron chi connectivity index (χ4n) is 2.75. The van der Waals surface area contributed by atoms with Crippen LogP contribution in [-0.2, 0) is 23.6 Å². The number of anilines is 1. The molecule has 0 unspecified atom stereocenters. The lowest BCUT2D eigenvalue weighted by molar-refractivity contribution is 0.113. The van der Waals surface area contributed by atoms with Crippen LogP contribution >= 0.6 is 0 Å². The van der Waals surface area contributed by atoms with Gasteiger partial charge < -0.3 is 15.0 Å². The number of aryl methyl sites for hydroxylation is 1. The molecule has 2 N–H and O–H groups in total. The first-order valence-electron chi connectivity index (χ1n) is 7.94. The van der Waals surface area contributed by atoms with Crippen molar-refractivity contribution in [2.75, 3.05) is 18.4 Å². The Hall–Kier alpha value is -1.90.